The number of aromatic nitrogens is 2. The van der Waals surface area contributed by atoms with Crippen molar-refractivity contribution in [1.29, 1.82) is 0 Å². The Hall–Kier alpha value is -2.42. The fraction of sp³-hybridized carbons (Fsp3) is 0.533. The molecule has 1 fully saturated rings. The van der Waals surface area contributed by atoms with Crippen molar-refractivity contribution in [3.63, 3.8) is 0 Å². The summed E-state index contributed by atoms with van der Waals surface area (Å²) in [5.74, 6) is 1.69. The maximum absolute atomic E-state index is 12.1. The van der Waals surface area contributed by atoms with Gasteiger partial charge >= 0.3 is 11.7 Å². The minimum atomic E-state index is -3.96. The molecule has 2 rings (SSSR count). The first-order chi connectivity index (χ1) is 12.5. The zero-order chi connectivity index (χ0) is 20.4. The predicted molar refractivity (Wildman–Crippen MR) is 88.7 cm³/mol. The number of ether oxygens (including phenoxy) is 2. The Kier molecular flexibility index (Phi) is 4.99. The number of nitrogens with one attached hydrogen (secondary N) is 1. The second-order valence-corrected chi connectivity index (χ2v) is 7.47. The van der Waals surface area contributed by atoms with E-state index < -0.39 is 51.9 Å². The molecule has 0 saturated carbocycles. The Bertz CT molecular complexity index is 1020. The van der Waals surface area contributed by atoms with E-state index >= 15 is 0 Å². The average Bonchev–Trinajstić information content (AvgIpc) is 2.86. The normalized spacial score (nSPS) is 25.9. The van der Waals surface area contributed by atoms with Crippen molar-refractivity contribution in [3.05, 3.63) is 32.6 Å². The van der Waals surface area contributed by atoms with Crippen LogP contribution in [0.4, 0.5) is 0 Å². The quantitative estimate of drug-likeness (QED) is 0.388. The number of hydrogen-bond donors (Lipinski definition) is 1. The van der Waals surface area contributed by atoms with Crippen LogP contribution in [0.1, 0.15) is 26.5 Å². The maximum atomic E-state index is 12.1. The Morgan fingerprint density at radius 1 is 1.62 bits per heavy atom. The molecule has 1 aliphatic heterocycles. The molecule has 0 aliphatic carbocycles. The molecule has 142 valence electrons. The highest BCUT2D eigenvalue weighted by molar-refractivity contribution is 7.86. The van der Waals surface area contributed by atoms with Crippen molar-refractivity contribution in [2.24, 2.45) is 0 Å². The number of terminal acetylenes is 1. The standard InChI is InChI=1S/C15H18N2O8S/c1-5-15(8-23-10(3)18)11(25-26(4,21)22)6-12(24-15)17-7-9(2)13(19)16-14(17)20/h1,7,11-12H,6,8H2,2-4H3,(H,16,19,20)/t11-,12?,15-/m1/s1/i1D. The van der Waals surface area contributed by atoms with Crippen molar-refractivity contribution >= 4 is 16.1 Å². The fourth-order valence-electron chi connectivity index (χ4n) is 2.52. The molecule has 0 bridgehead atoms. The zero-order valence-electron chi connectivity index (χ0n) is 15.3. The zero-order valence-corrected chi connectivity index (χ0v) is 15.1. The molecular weight excluding hydrogens is 368 g/mol. The number of hydrogen-bond acceptors (Lipinski definition) is 8. The summed E-state index contributed by atoms with van der Waals surface area (Å²) >= 11 is 0. The number of nitrogens with zero attached hydrogens (tertiary/aromatic N) is 1. The van der Waals surface area contributed by atoms with Gasteiger partial charge in [0.2, 0.25) is 0 Å². The summed E-state index contributed by atoms with van der Waals surface area (Å²) in [5.41, 5.74) is -2.92. The molecule has 1 aromatic heterocycles. The van der Waals surface area contributed by atoms with Gasteiger partial charge in [0, 0.05) is 25.1 Å². The van der Waals surface area contributed by atoms with Crippen LogP contribution in [0.5, 0.6) is 0 Å². The van der Waals surface area contributed by atoms with Crippen LogP contribution < -0.4 is 11.2 Å². The lowest BCUT2D eigenvalue weighted by Crippen LogP contribution is -2.45. The molecular formula is C15H18N2O8S. The third-order valence-corrected chi connectivity index (χ3v) is 4.31. The second-order valence-electron chi connectivity index (χ2n) is 5.87. The van der Waals surface area contributed by atoms with Gasteiger partial charge in [-0.15, -0.1) is 6.40 Å². The third-order valence-electron chi connectivity index (χ3n) is 3.73. The highest BCUT2D eigenvalue weighted by Gasteiger charge is 2.52. The lowest BCUT2D eigenvalue weighted by atomic mass is 9.99. The van der Waals surface area contributed by atoms with Crippen LogP contribution in [0.15, 0.2) is 15.8 Å². The van der Waals surface area contributed by atoms with Crippen molar-refractivity contribution in [3.8, 4) is 12.3 Å². The highest BCUT2D eigenvalue weighted by Crippen LogP contribution is 2.38. The van der Waals surface area contributed by atoms with Gasteiger partial charge in [-0.05, 0) is 6.92 Å². The van der Waals surface area contributed by atoms with Gasteiger partial charge < -0.3 is 9.47 Å². The first-order valence-electron chi connectivity index (χ1n) is 7.93. The minimum absolute atomic E-state index is 0.158. The SMILES string of the molecule is [2H]C#C[C@]1(COC(C)=O)OC(n2cc(C)c(=O)[nH]c2=O)C[C@H]1OS(C)(=O)=O. The van der Waals surface area contributed by atoms with Crippen LogP contribution in [0.3, 0.4) is 0 Å². The number of carbonyl (C=O) groups excluding carboxylic acids is 1. The van der Waals surface area contributed by atoms with E-state index in [4.69, 9.17) is 15.0 Å². The number of aromatic amines is 1. The highest BCUT2D eigenvalue weighted by atomic mass is 32.2. The topological polar surface area (TPSA) is 134 Å². The summed E-state index contributed by atoms with van der Waals surface area (Å²) in [6, 6.07) is 0. The van der Waals surface area contributed by atoms with Gasteiger partial charge in [0.05, 0.1) is 6.26 Å². The van der Waals surface area contributed by atoms with Crippen LogP contribution >= 0.6 is 0 Å². The smallest absolute Gasteiger partial charge is 0.330 e. The van der Waals surface area contributed by atoms with Crippen molar-refractivity contribution < 1.29 is 28.2 Å². The van der Waals surface area contributed by atoms with Crippen LogP contribution in [-0.2, 0) is 28.6 Å². The molecule has 0 aromatic carbocycles. The predicted octanol–water partition coefficient (Wildman–Crippen LogP) is -0.956. The van der Waals surface area contributed by atoms with E-state index in [-0.39, 0.29) is 12.0 Å². The molecule has 1 unspecified atom stereocenters. The molecule has 0 spiro atoms. The molecule has 1 N–H and O–H groups in total. The Morgan fingerprint density at radius 2 is 2.31 bits per heavy atom. The Balaban J connectivity index is 2.51. The van der Waals surface area contributed by atoms with Gasteiger partial charge in [-0.3, -0.25) is 23.3 Å². The molecule has 1 aliphatic rings. The number of rotatable bonds is 5. The summed E-state index contributed by atoms with van der Waals surface area (Å²) in [6.07, 6.45) is 1.44. The molecule has 3 atom stereocenters. The van der Waals surface area contributed by atoms with E-state index in [1.165, 1.54) is 13.1 Å². The Labute approximate surface area is 150 Å². The maximum Gasteiger partial charge on any atom is 0.330 e. The molecule has 0 radical (unpaired) electrons. The fourth-order valence-corrected chi connectivity index (χ4v) is 3.18. The molecule has 11 heteroatoms. The van der Waals surface area contributed by atoms with Crippen LogP contribution in [0, 0.1) is 19.2 Å². The lowest BCUT2D eigenvalue weighted by molar-refractivity contribution is -0.153. The van der Waals surface area contributed by atoms with Crippen LogP contribution in [0.2, 0.25) is 0 Å². The first kappa shape index (κ1) is 18.4. The second kappa shape index (κ2) is 7.06. The number of aryl methyl sites for hydroxylation is 1. The lowest BCUT2D eigenvalue weighted by Gasteiger charge is -2.27. The van der Waals surface area contributed by atoms with Crippen LogP contribution in [0.25, 0.3) is 0 Å². The average molecular weight is 387 g/mol. The molecule has 2 heterocycles. The number of H-pyrrole nitrogens is 1. The molecule has 0 amide bonds. The minimum Gasteiger partial charge on any atom is -0.462 e. The summed E-state index contributed by atoms with van der Waals surface area (Å²) in [4.78, 5) is 37.0. The molecule has 26 heavy (non-hydrogen) atoms. The van der Waals surface area contributed by atoms with Crippen molar-refractivity contribution in [2.45, 2.75) is 38.2 Å². The van der Waals surface area contributed by atoms with Gasteiger partial charge in [0.25, 0.3) is 15.7 Å². The van der Waals surface area contributed by atoms with Crippen molar-refractivity contribution in [2.75, 3.05) is 12.9 Å². The van der Waals surface area contributed by atoms with Gasteiger partial charge in [-0.2, -0.15) is 8.42 Å². The molecule has 10 nitrogen and oxygen atoms in total. The van der Waals surface area contributed by atoms with Crippen LogP contribution in [-0.4, -0.2) is 48.5 Å². The first-order valence-corrected chi connectivity index (χ1v) is 9.24. The Morgan fingerprint density at radius 3 is 2.88 bits per heavy atom. The van der Waals surface area contributed by atoms with Gasteiger partial charge in [-0.25, -0.2) is 4.79 Å². The molecule has 1 aromatic rings. The number of esters is 1. The largest absolute Gasteiger partial charge is 0.462 e. The van der Waals surface area contributed by atoms with E-state index in [1.807, 2.05) is 6.40 Å². The van der Waals surface area contributed by atoms with E-state index in [9.17, 15) is 22.8 Å². The molecule has 1 saturated heterocycles. The third kappa shape index (κ3) is 4.21. The van der Waals surface area contributed by atoms with Crippen molar-refractivity contribution in [1.82, 2.24) is 9.55 Å². The van der Waals surface area contributed by atoms with Gasteiger partial charge in [-0.1, -0.05) is 5.92 Å². The summed E-state index contributed by atoms with van der Waals surface area (Å²) in [7, 11) is -3.96. The van der Waals surface area contributed by atoms with E-state index in [1.54, 1.807) is 0 Å². The van der Waals surface area contributed by atoms with E-state index in [2.05, 4.69) is 10.9 Å². The monoisotopic (exact) mass is 387 g/mol. The number of carbonyl (C=O) groups is 1. The summed E-state index contributed by atoms with van der Waals surface area (Å²) < 4.78 is 47.2. The van der Waals surface area contributed by atoms with Gasteiger partial charge in [0.15, 0.2) is 5.60 Å². The summed E-state index contributed by atoms with van der Waals surface area (Å²) in [5, 5.41) is 0. The van der Waals surface area contributed by atoms with E-state index in [0.29, 0.717) is 0 Å². The van der Waals surface area contributed by atoms with Gasteiger partial charge in [0.1, 0.15) is 20.3 Å². The van der Waals surface area contributed by atoms with E-state index in [0.717, 1.165) is 17.7 Å². The summed E-state index contributed by atoms with van der Waals surface area (Å²) in [6.45, 7) is 2.10.